The van der Waals surface area contributed by atoms with E-state index >= 15 is 0 Å². The first-order valence-corrected chi connectivity index (χ1v) is 7.73. The Balaban J connectivity index is 1.86. The molecule has 1 N–H and O–H groups in total. The molecule has 2 aromatic rings. The fourth-order valence-corrected chi connectivity index (χ4v) is 3.83. The first kappa shape index (κ1) is 12.6. The van der Waals surface area contributed by atoms with Crippen molar-refractivity contribution < 1.29 is 0 Å². The Labute approximate surface area is 125 Å². The van der Waals surface area contributed by atoms with Gasteiger partial charge in [-0.25, -0.2) is 0 Å². The third kappa shape index (κ3) is 2.49. The van der Waals surface area contributed by atoms with Crippen LogP contribution in [0.4, 0.5) is 5.69 Å². The zero-order valence-electron chi connectivity index (χ0n) is 10.1. The summed E-state index contributed by atoms with van der Waals surface area (Å²) in [6, 6.07) is 16.6. The maximum Gasteiger partial charge on any atom is 0.0992 e. The molecule has 1 heterocycles. The van der Waals surface area contributed by atoms with E-state index in [1.54, 1.807) is 0 Å². The molecular weight excluding hydrogens is 320 g/mol. The lowest BCUT2D eigenvalue weighted by atomic mass is 10.1. The number of hydrogen-bond donors (Lipinski definition) is 1. The molecule has 0 spiro atoms. The summed E-state index contributed by atoms with van der Waals surface area (Å²) < 4.78 is 0.931. The molecule has 94 valence electrons. The molecule has 0 radical (unpaired) electrons. The summed E-state index contributed by atoms with van der Waals surface area (Å²) in [6.45, 7) is 0. The highest BCUT2D eigenvalue weighted by molar-refractivity contribution is 9.10. The maximum atomic E-state index is 8.87. The molecule has 1 aliphatic rings. The molecule has 0 aromatic heterocycles. The van der Waals surface area contributed by atoms with Crippen molar-refractivity contribution in [1.82, 2.24) is 0 Å². The summed E-state index contributed by atoms with van der Waals surface area (Å²) in [5.74, 6) is 1.03. The first-order valence-electron chi connectivity index (χ1n) is 5.96. The third-order valence-electron chi connectivity index (χ3n) is 3.13. The van der Waals surface area contributed by atoms with Crippen LogP contribution in [0.2, 0.25) is 0 Å². The first-order chi connectivity index (χ1) is 9.28. The molecule has 3 rings (SSSR count). The van der Waals surface area contributed by atoms with Gasteiger partial charge in [-0.15, -0.1) is 11.8 Å². The predicted octanol–water partition coefficient (Wildman–Crippen LogP) is 4.58. The molecule has 0 fully saturated rings. The summed E-state index contributed by atoms with van der Waals surface area (Å²) in [4.78, 5) is 1.35. The van der Waals surface area contributed by atoms with Crippen molar-refractivity contribution in [2.45, 2.75) is 10.9 Å². The smallest absolute Gasteiger partial charge is 0.0992 e. The molecule has 0 aliphatic carbocycles. The lowest BCUT2D eigenvalue weighted by Gasteiger charge is -2.16. The molecule has 0 saturated heterocycles. The molecule has 2 aromatic carbocycles. The standard InChI is InChI=1S/C15H11BrN2S/c16-12-7-10(8-17)5-6-13(12)18-14-9-19-15-4-2-1-3-11(14)15/h1-7,14,18H,9H2. The maximum absolute atomic E-state index is 8.87. The SMILES string of the molecule is N#Cc1ccc(NC2CSc3ccccc32)c(Br)c1. The van der Waals surface area contributed by atoms with E-state index in [0.717, 1.165) is 15.9 Å². The number of benzene rings is 2. The van der Waals surface area contributed by atoms with Crippen molar-refractivity contribution in [3.05, 3.63) is 58.1 Å². The molecule has 0 saturated carbocycles. The molecule has 1 atom stereocenters. The number of halogens is 1. The van der Waals surface area contributed by atoms with Crippen molar-refractivity contribution in [1.29, 1.82) is 5.26 Å². The minimum absolute atomic E-state index is 0.324. The average molecular weight is 331 g/mol. The van der Waals surface area contributed by atoms with E-state index in [0.29, 0.717) is 11.6 Å². The van der Waals surface area contributed by atoms with Crippen molar-refractivity contribution >= 4 is 33.4 Å². The summed E-state index contributed by atoms with van der Waals surface area (Å²) in [6.07, 6.45) is 0. The van der Waals surface area contributed by atoms with Gasteiger partial charge in [0.15, 0.2) is 0 Å². The summed E-state index contributed by atoms with van der Waals surface area (Å²) in [5, 5.41) is 12.4. The van der Waals surface area contributed by atoms with Crippen molar-refractivity contribution in [2.75, 3.05) is 11.1 Å². The number of nitrogens with zero attached hydrogens (tertiary/aromatic N) is 1. The molecule has 0 amide bonds. The van der Waals surface area contributed by atoms with Gasteiger partial charge in [-0.1, -0.05) is 18.2 Å². The highest BCUT2D eigenvalue weighted by Crippen LogP contribution is 2.40. The quantitative estimate of drug-likeness (QED) is 0.875. The zero-order valence-corrected chi connectivity index (χ0v) is 12.5. The van der Waals surface area contributed by atoms with Crippen molar-refractivity contribution in [2.24, 2.45) is 0 Å². The fraction of sp³-hybridized carbons (Fsp3) is 0.133. The number of nitriles is 1. The second-order valence-corrected chi connectivity index (χ2v) is 6.27. The summed E-state index contributed by atoms with van der Waals surface area (Å²) >= 11 is 5.39. The number of fused-ring (bicyclic) bond motifs is 1. The van der Waals surface area contributed by atoms with Gasteiger partial charge in [-0.3, -0.25) is 0 Å². The van der Waals surface area contributed by atoms with Gasteiger partial charge in [0.25, 0.3) is 0 Å². The molecule has 0 bridgehead atoms. The molecule has 4 heteroatoms. The summed E-state index contributed by atoms with van der Waals surface area (Å²) in [7, 11) is 0. The van der Waals surface area contributed by atoms with Crippen LogP contribution in [0.1, 0.15) is 17.2 Å². The van der Waals surface area contributed by atoms with Gasteiger partial charge in [0.05, 0.1) is 17.7 Å². The molecule has 1 unspecified atom stereocenters. The van der Waals surface area contributed by atoms with E-state index in [2.05, 4.69) is 51.6 Å². The topological polar surface area (TPSA) is 35.8 Å². The van der Waals surface area contributed by atoms with Crippen molar-refractivity contribution in [3.8, 4) is 6.07 Å². The third-order valence-corrected chi connectivity index (χ3v) is 4.97. The highest BCUT2D eigenvalue weighted by Gasteiger charge is 2.22. The van der Waals surface area contributed by atoms with Gasteiger partial charge in [0.2, 0.25) is 0 Å². The second-order valence-electron chi connectivity index (χ2n) is 4.35. The van der Waals surface area contributed by atoms with E-state index < -0.39 is 0 Å². The molecule has 2 nitrogen and oxygen atoms in total. The number of nitrogens with one attached hydrogen (secondary N) is 1. The minimum atomic E-state index is 0.324. The Bertz CT molecular complexity index is 663. The molecule has 1 aliphatic heterocycles. The van der Waals surface area contributed by atoms with Gasteiger partial charge in [0, 0.05) is 20.8 Å². The van der Waals surface area contributed by atoms with Gasteiger partial charge in [0.1, 0.15) is 0 Å². The van der Waals surface area contributed by atoms with Crippen LogP contribution in [0.3, 0.4) is 0 Å². The number of rotatable bonds is 2. The predicted molar refractivity (Wildman–Crippen MR) is 82.4 cm³/mol. The fourth-order valence-electron chi connectivity index (χ4n) is 2.17. The zero-order chi connectivity index (χ0) is 13.2. The Hall–Kier alpha value is -1.44. The minimum Gasteiger partial charge on any atom is -0.376 e. The van der Waals surface area contributed by atoms with Gasteiger partial charge in [-0.05, 0) is 45.8 Å². The van der Waals surface area contributed by atoms with Crippen LogP contribution in [0, 0.1) is 11.3 Å². The van der Waals surface area contributed by atoms with Gasteiger partial charge in [-0.2, -0.15) is 5.26 Å². The van der Waals surface area contributed by atoms with Crippen LogP contribution >= 0.6 is 27.7 Å². The Kier molecular flexibility index (Phi) is 3.50. The lowest BCUT2D eigenvalue weighted by molar-refractivity contribution is 0.899. The van der Waals surface area contributed by atoms with Crippen LogP contribution in [0.5, 0.6) is 0 Å². The van der Waals surface area contributed by atoms with E-state index in [1.165, 1.54) is 10.5 Å². The van der Waals surface area contributed by atoms with Crippen LogP contribution in [0.15, 0.2) is 51.8 Å². The van der Waals surface area contributed by atoms with E-state index in [1.807, 2.05) is 30.0 Å². The Morgan fingerprint density at radius 3 is 2.89 bits per heavy atom. The number of anilines is 1. The van der Waals surface area contributed by atoms with E-state index in [4.69, 9.17) is 5.26 Å². The highest BCUT2D eigenvalue weighted by atomic mass is 79.9. The number of hydrogen-bond acceptors (Lipinski definition) is 3. The number of thioether (sulfide) groups is 1. The van der Waals surface area contributed by atoms with E-state index in [9.17, 15) is 0 Å². The van der Waals surface area contributed by atoms with Gasteiger partial charge >= 0.3 is 0 Å². The van der Waals surface area contributed by atoms with Crippen LogP contribution in [-0.4, -0.2) is 5.75 Å². The monoisotopic (exact) mass is 330 g/mol. The Morgan fingerprint density at radius 1 is 1.26 bits per heavy atom. The van der Waals surface area contributed by atoms with Gasteiger partial charge < -0.3 is 5.32 Å². The normalized spacial score (nSPS) is 16.7. The largest absolute Gasteiger partial charge is 0.376 e. The van der Waals surface area contributed by atoms with E-state index in [-0.39, 0.29) is 0 Å². The lowest BCUT2D eigenvalue weighted by Crippen LogP contribution is -2.10. The Morgan fingerprint density at radius 2 is 2.11 bits per heavy atom. The molecule has 19 heavy (non-hydrogen) atoms. The van der Waals surface area contributed by atoms with Crippen LogP contribution < -0.4 is 5.32 Å². The van der Waals surface area contributed by atoms with Crippen molar-refractivity contribution in [3.63, 3.8) is 0 Å². The van der Waals surface area contributed by atoms with Crippen LogP contribution in [0.25, 0.3) is 0 Å². The molecular formula is C15H11BrN2S. The average Bonchev–Trinajstić information content (AvgIpc) is 2.84. The summed E-state index contributed by atoms with van der Waals surface area (Å²) in [5.41, 5.74) is 3.05. The second kappa shape index (κ2) is 5.28. The van der Waals surface area contributed by atoms with Crippen LogP contribution in [-0.2, 0) is 0 Å².